The Morgan fingerprint density at radius 1 is 0.938 bits per heavy atom. The van der Waals surface area contributed by atoms with Crippen LogP contribution < -0.4 is 9.47 Å². The van der Waals surface area contributed by atoms with Crippen LogP contribution in [0.3, 0.4) is 0 Å². The average Bonchev–Trinajstić information content (AvgIpc) is 2.34. The number of ether oxygens (including phenoxy) is 3. The Morgan fingerprint density at radius 3 is 2.25 bits per heavy atom. The second kappa shape index (κ2) is 7.99. The molecule has 1 aromatic carbocycles. The van der Waals surface area contributed by atoms with Gasteiger partial charge in [-0.1, -0.05) is 13.3 Å². The summed E-state index contributed by atoms with van der Waals surface area (Å²) in [5.74, 6) is 1.69. The topological polar surface area (TPSA) is 27.7 Å². The maximum atomic E-state index is 5.51. The van der Waals surface area contributed by atoms with Gasteiger partial charge in [-0.3, -0.25) is 0 Å². The van der Waals surface area contributed by atoms with Crippen molar-refractivity contribution in [3.05, 3.63) is 24.3 Å². The summed E-state index contributed by atoms with van der Waals surface area (Å²) in [5, 5.41) is 0. The summed E-state index contributed by atoms with van der Waals surface area (Å²) in [7, 11) is 1.65. The van der Waals surface area contributed by atoms with Crippen molar-refractivity contribution in [1.82, 2.24) is 0 Å². The Morgan fingerprint density at radius 2 is 1.62 bits per heavy atom. The zero-order chi connectivity index (χ0) is 11.6. The SMILES string of the molecule is CCCCOCCOc1ccc(OC)cc1. The molecule has 0 N–H and O–H groups in total. The predicted molar refractivity (Wildman–Crippen MR) is 64.2 cm³/mol. The molecule has 0 atom stereocenters. The fourth-order valence-electron chi connectivity index (χ4n) is 1.24. The zero-order valence-corrected chi connectivity index (χ0v) is 10.1. The molecule has 90 valence electrons. The van der Waals surface area contributed by atoms with Crippen molar-refractivity contribution in [3.63, 3.8) is 0 Å². The molecule has 0 aliphatic carbocycles. The van der Waals surface area contributed by atoms with E-state index in [2.05, 4.69) is 6.92 Å². The number of methoxy groups -OCH3 is 1. The first-order chi connectivity index (χ1) is 7.86. The van der Waals surface area contributed by atoms with Crippen LogP contribution in [0, 0.1) is 0 Å². The normalized spacial score (nSPS) is 10.1. The Kier molecular flexibility index (Phi) is 6.42. The molecule has 0 saturated carbocycles. The highest BCUT2D eigenvalue weighted by Crippen LogP contribution is 2.16. The first-order valence-corrected chi connectivity index (χ1v) is 5.71. The largest absolute Gasteiger partial charge is 0.497 e. The van der Waals surface area contributed by atoms with Crippen LogP contribution in [0.15, 0.2) is 24.3 Å². The molecule has 0 saturated heterocycles. The van der Waals surface area contributed by atoms with Gasteiger partial charge in [0.2, 0.25) is 0 Å². The molecule has 0 heterocycles. The van der Waals surface area contributed by atoms with E-state index in [1.54, 1.807) is 7.11 Å². The Hall–Kier alpha value is -1.22. The van der Waals surface area contributed by atoms with E-state index in [-0.39, 0.29) is 0 Å². The standard InChI is InChI=1S/C13H20O3/c1-3-4-9-15-10-11-16-13-7-5-12(14-2)6-8-13/h5-8H,3-4,9-11H2,1-2H3. The van der Waals surface area contributed by atoms with Gasteiger partial charge in [0.05, 0.1) is 13.7 Å². The van der Waals surface area contributed by atoms with Crippen molar-refractivity contribution in [1.29, 1.82) is 0 Å². The molecule has 0 aromatic heterocycles. The summed E-state index contributed by atoms with van der Waals surface area (Å²) < 4.78 is 16.0. The Labute approximate surface area is 97.3 Å². The molecule has 0 bridgehead atoms. The molecule has 1 rings (SSSR count). The van der Waals surface area contributed by atoms with Crippen LogP contribution in [0.1, 0.15) is 19.8 Å². The van der Waals surface area contributed by atoms with Crippen molar-refractivity contribution in [3.8, 4) is 11.5 Å². The van der Waals surface area contributed by atoms with Crippen LogP contribution in [0.2, 0.25) is 0 Å². The summed E-state index contributed by atoms with van der Waals surface area (Å²) >= 11 is 0. The number of hydrogen-bond acceptors (Lipinski definition) is 3. The van der Waals surface area contributed by atoms with E-state index < -0.39 is 0 Å². The van der Waals surface area contributed by atoms with Gasteiger partial charge in [-0.2, -0.15) is 0 Å². The summed E-state index contributed by atoms with van der Waals surface area (Å²) in [4.78, 5) is 0. The lowest BCUT2D eigenvalue weighted by atomic mass is 10.3. The summed E-state index contributed by atoms with van der Waals surface area (Å²) in [6.07, 6.45) is 2.28. The molecule has 3 nitrogen and oxygen atoms in total. The number of rotatable bonds is 8. The number of unbranched alkanes of at least 4 members (excludes halogenated alkanes) is 1. The van der Waals surface area contributed by atoms with Crippen molar-refractivity contribution < 1.29 is 14.2 Å². The third kappa shape index (κ3) is 5.03. The van der Waals surface area contributed by atoms with E-state index in [1.807, 2.05) is 24.3 Å². The summed E-state index contributed by atoms with van der Waals surface area (Å²) in [5.41, 5.74) is 0. The molecule has 0 aliphatic rings. The minimum atomic E-state index is 0.593. The van der Waals surface area contributed by atoms with E-state index in [4.69, 9.17) is 14.2 Å². The first-order valence-electron chi connectivity index (χ1n) is 5.71. The fourth-order valence-corrected chi connectivity index (χ4v) is 1.24. The number of benzene rings is 1. The van der Waals surface area contributed by atoms with E-state index >= 15 is 0 Å². The van der Waals surface area contributed by atoms with E-state index in [0.717, 1.165) is 24.5 Å². The highest BCUT2D eigenvalue weighted by molar-refractivity contribution is 5.31. The van der Waals surface area contributed by atoms with E-state index in [0.29, 0.717) is 13.2 Å². The molecular formula is C13H20O3. The van der Waals surface area contributed by atoms with Gasteiger partial charge >= 0.3 is 0 Å². The van der Waals surface area contributed by atoms with Gasteiger partial charge in [-0.05, 0) is 30.7 Å². The molecule has 0 amide bonds. The van der Waals surface area contributed by atoms with Gasteiger partial charge in [0.15, 0.2) is 0 Å². The Balaban J connectivity index is 2.12. The van der Waals surface area contributed by atoms with Gasteiger partial charge in [-0.15, -0.1) is 0 Å². The molecule has 3 heteroatoms. The summed E-state index contributed by atoms with van der Waals surface area (Å²) in [6, 6.07) is 7.55. The van der Waals surface area contributed by atoms with Gasteiger partial charge in [0, 0.05) is 6.61 Å². The fraction of sp³-hybridized carbons (Fsp3) is 0.538. The minimum absolute atomic E-state index is 0.593. The van der Waals surface area contributed by atoms with Crippen molar-refractivity contribution >= 4 is 0 Å². The van der Waals surface area contributed by atoms with Crippen molar-refractivity contribution in [2.45, 2.75) is 19.8 Å². The van der Waals surface area contributed by atoms with Crippen molar-refractivity contribution in [2.75, 3.05) is 26.9 Å². The lowest BCUT2D eigenvalue weighted by molar-refractivity contribution is 0.0980. The van der Waals surface area contributed by atoms with Crippen LogP contribution in [0.5, 0.6) is 11.5 Å². The predicted octanol–water partition coefficient (Wildman–Crippen LogP) is 2.89. The average molecular weight is 224 g/mol. The highest BCUT2D eigenvalue weighted by Gasteiger charge is 1.95. The lowest BCUT2D eigenvalue weighted by Gasteiger charge is -2.07. The molecule has 0 unspecified atom stereocenters. The quantitative estimate of drug-likeness (QED) is 0.635. The van der Waals surface area contributed by atoms with Gasteiger partial charge in [0.1, 0.15) is 18.1 Å². The van der Waals surface area contributed by atoms with E-state index in [1.165, 1.54) is 6.42 Å². The second-order valence-corrected chi connectivity index (χ2v) is 3.49. The maximum absolute atomic E-state index is 5.51. The number of hydrogen-bond donors (Lipinski definition) is 0. The van der Waals surface area contributed by atoms with Crippen molar-refractivity contribution in [2.24, 2.45) is 0 Å². The molecule has 16 heavy (non-hydrogen) atoms. The Bertz CT molecular complexity index is 269. The smallest absolute Gasteiger partial charge is 0.119 e. The van der Waals surface area contributed by atoms with Crippen LogP contribution in [0.25, 0.3) is 0 Å². The molecule has 0 radical (unpaired) electrons. The van der Waals surface area contributed by atoms with Crippen LogP contribution >= 0.6 is 0 Å². The molecule has 1 aromatic rings. The molecule has 0 spiro atoms. The monoisotopic (exact) mass is 224 g/mol. The molecule has 0 aliphatic heterocycles. The third-order valence-corrected chi connectivity index (χ3v) is 2.20. The van der Waals surface area contributed by atoms with Crippen LogP contribution in [-0.4, -0.2) is 26.9 Å². The maximum Gasteiger partial charge on any atom is 0.119 e. The van der Waals surface area contributed by atoms with Gasteiger partial charge in [0.25, 0.3) is 0 Å². The van der Waals surface area contributed by atoms with Gasteiger partial charge in [-0.25, -0.2) is 0 Å². The zero-order valence-electron chi connectivity index (χ0n) is 10.1. The first kappa shape index (κ1) is 12.8. The lowest BCUT2D eigenvalue weighted by Crippen LogP contribution is -2.07. The second-order valence-electron chi connectivity index (χ2n) is 3.49. The van der Waals surface area contributed by atoms with Gasteiger partial charge < -0.3 is 14.2 Å². The van der Waals surface area contributed by atoms with E-state index in [9.17, 15) is 0 Å². The van der Waals surface area contributed by atoms with Crippen LogP contribution in [-0.2, 0) is 4.74 Å². The highest BCUT2D eigenvalue weighted by atomic mass is 16.5. The molecular weight excluding hydrogens is 204 g/mol. The summed E-state index contributed by atoms with van der Waals surface area (Å²) in [6.45, 7) is 4.21. The third-order valence-electron chi connectivity index (χ3n) is 2.20. The van der Waals surface area contributed by atoms with Crippen LogP contribution in [0.4, 0.5) is 0 Å². The molecule has 0 fully saturated rings. The minimum Gasteiger partial charge on any atom is -0.497 e.